The lowest BCUT2D eigenvalue weighted by molar-refractivity contribution is -0.143. The molecule has 0 saturated heterocycles. The van der Waals surface area contributed by atoms with Crippen LogP contribution in [-0.4, -0.2) is 42.8 Å². The van der Waals surface area contributed by atoms with Crippen LogP contribution in [0.2, 0.25) is 0 Å². The molecule has 0 aliphatic rings. The summed E-state index contributed by atoms with van der Waals surface area (Å²) in [5.74, 6) is -1.23. The van der Waals surface area contributed by atoms with E-state index in [1.54, 1.807) is 13.0 Å². The number of imide groups is 1. The Morgan fingerprint density at radius 3 is 2.68 bits per heavy atom. The van der Waals surface area contributed by atoms with Gasteiger partial charge in [0.25, 0.3) is 5.91 Å². The molecule has 0 fully saturated rings. The third kappa shape index (κ3) is 7.38. The predicted octanol–water partition coefficient (Wildman–Crippen LogP) is 1.58. The molecule has 3 N–H and O–H groups in total. The minimum atomic E-state index is -0.746. The SMILES string of the molecule is CC[C@H](C)NC(=O)NC(=O)COC(=O)/C=C/c1ccc(O)c(OC)c1. The summed E-state index contributed by atoms with van der Waals surface area (Å²) in [5, 5.41) is 14.1. The van der Waals surface area contributed by atoms with Crippen molar-refractivity contribution in [3.8, 4) is 11.5 Å². The normalized spacial score (nSPS) is 11.6. The Morgan fingerprint density at radius 1 is 1.32 bits per heavy atom. The number of carbonyl (C=O) groups is 3. The van der Waals surface area contributed by atoms with Crippen LogP contribution in [-0.2, 0) is 14.3 Å². The first-order valence-electron chi connectivity index (χ1n) is 7.67. The largest absolute Gasteiger partial charge is 0.504 e. The first kappa shape index (κ1) is 20.0. The van der Waals surface area contributed by atoms with E-state index in [0.717, 1.165) is 12.5 Å². The zero-order valence-electron chi connectivity index (χ0n) is 14.4. The molecule has 0 heterocycles. The summed E-state index contributed by atoms with van der Waals surface area (Å²) in [7, 11) is 1.41. The monoisotopic (exact) mass is 350 g/mol. The number of phenolic OH excluding ortho intramolecular Hbond substituents is 1. The van der Waals surface area contributed by atoms with Crippen LogP contribution in [0.15, 0.2) is 24.3 Å². The molecule has 0 radical (unpaired) electrons. The molecule has 8 nitrogen and oxygen atoms in total. The average molecular weight is 350 g/mol. The lowest BCUT2D eigenvalue weighted by atomic mass is 10.2. The van der Waals surface area contributed by atoms with Crippen LogP contribution in [0, 0.1) is 0 Å². The Balaban J connectivity index is 2.44. The fourth-order valence-corrected chi connectivity index (χ4v) is 1.67. The molecule has 1 aromatic rings. The van der Waals surface area contributed by atoms with Gasteiger partial charge in [0, 0.05) is 12.1 Å². The van der Waals surface area contributed by atoms with Crippen molar-refractivity contribution in [2.75, 3.05) is 13.7 Å². The van der Waals surface area contributed by atoms with Crippen molar-refractivity contribution in [3.63, 3.8) is 0 Å². The molecule has 0 spiro atoms. The van der Waals surface area contributed by atoms with Crippen molar-refractivity contribution in [1.82, 2.24) is 10.6 Å². The number of amides is 3. The summed E-state index contributed by atoms with van der Waals surface area (Å²) < 4.78 is 9.69. The Bertz CT molecular complexity index is 657. The van der Waals surface area contributed by atoms with Gasteiger partial charge in [-0.05, 0) is 37.1 Å². The summed E-state index contributed by atoms with van der Waals surface area (Å²) in [6.45, 7) is 3.12. The lowest BCUT2D eigenvalue weighted by Gasteiger charge is -2.11. The second kappa shape index (κ2) is 9.96. The first-order valence-corrected chi connectivity index (χ1v) is 7.67. The third-order valence-electron chi connectivity index (χ3n) is 3.20. The fraction of sp³-hybridized carbons (Fsp3) is 0.353. The highest BCUT2D eigenvalue weighted by Crippen LogP contribution is 2.26. The maximum Gasteiger partial charge on any atom is 0.331 e. The number of ether oxygens (including phenoxy) is 2. The van der Waals surface area contributed by atoms with E-state index in [0.29, 0.717) is 5.56 Å². The van der Waals surface area contributed by atoms with Crippen molar-refractivity contribution >= 4 is 24.0 Å². The second-order valence-electron chi connectivity index (χ2n) is 5.20. The van der Waals surface area contributed by atoms with Gasteiger partial charge >= 0.3 is 12.0 Å². The number of methoxy groups -OCH3 is 1. The van der Waals surface area contributed by atoms with Gasteiger partial charge in [-0.25, -0.2) is 9.59 Å². The number of nitrogens with one attached hydrogen (secondary N) is 2. The molecule has 3 amide bonds. The summed E-state index contributed by atoms with van der Waals surface area (Å²) in [6.07, 6.45) is 3.29. The highest BCUT2D eigenvalue weighted by Gasteiger charge is 2.11. The number of hydrogen-bond acceptors (Lipinski definition) is 6. The zero-order valence-corrected chi connectivity index (χ0v) is 14.4. The van der Waals surface area contributed by atoms with Crippen LogP contribution in [0.4, 0.5) is 4.79 Å². The molecule has 136 valence electrons. The maximum absolute atomic E-state index is 11.6. The van der Waals surface area contributed by atoms with Gasteiger partial charge in [-0.15, -0.1) is 0 Å². The number of rotatable bonds is 7. The van der Waals surface area contributed by atoms with E-state index >= 15 is 0 Å². The van der Waals surface area contributed by atoms with E-state index in [2.05, 4.69) is 10.6 Å². The van der Waals surface area contributed by atoms with Crippen LogP contribution >= 0.6 is 0 Å². The van der Waals surface area contributed by atoms with Gasteiger partial charge in [0.05, 0.1) is 7.11 Å². The number of hydrogen-bond donors (Lipinski definition) is 3. The Kier molecular flexibility index (Phi) is 7.98. The van der Waals surface area contributed by atoms with Gasteiger partial charge in [-0.1, -0.05) is 13.0 Å². The molecule has 0 aromatic heterocycles. The molecule has 0 unspecified atom stereocenters. The van der Waals surface area contributed by atoms with Crippen LogP contribution in [0.1, 0.15) is 25.8 Å². The molecular weight excluding hydrogens is 328 g/mol. The Labute approximate surface area is 145 Å². The van der Waals surface area contributed by atoms with E-state index < -0.39 is 24.5 Å². The highest BCUT2D eigenvalue weighted by molar-refractivity contribution is 5.96. The molecule has 0 bridgehead atoms. The van der Waals surface area contributed by atoms with Crippen molar-refractivity contribution in [2.24, 2.45) is 0 Å². The number of aromatic hydroxyl groups is 1. The predicted molar refractivity (Wildman–Crippen MR) is 91.1 cm³/mol. The van der Waals surface area contributed by atoms with Gasteiger partial charge in [-0.3, -0.25) is 10.1 Å². The van der Waals surface area contributed by atoms with Crippen molar-refractivity contribution in [2.45, 2.75) is 26.3 Å². The molecular formula is C17H22N2O6. The molecule has 0 saturated carbocycles. The minimum Gasteiger partial charge on any atom is -0.504 e. The van der Waals surface area contributed by atoms with Gasteiger partial charge in [-0.2, -0.15) is 0 Å². The van der Waals surface area contributed by atoms with Gasteiger partial charge in [0.1, 0.15) is 0 Å². The Morgan fingerprint density at radius 2 is 2.04 bits per heavy atom. The number of benzene rings is 1. The van der Waals surface area contributed by atoms with Crippen LogP contribution < -0.4 is 15.4 Å². The zero-order chi connectivity index (χ0) is 18.8. The highest BCUT2D eigenvalue weighted by atomic mass is 16.5. The van der Waals surface area contributed by atoms with E-state index in [-0.39, 0.29) is 17.5 Å². The van der Waals surface area contributed by atoms with E-state index in [9.17, 15) is 19.5 Å². The molecule has 1 rings (SSSR count). The summed E-state index contributed by atoms with van der Waals surface area (Å²) >= 11 is 0. The molecule has 1 aromatic carbocycles. The van der Waals surface area contributed by atoms with Gasteiger partial charge in [0.2, 0.25) is 0 Å². The van der Waals surface area contributed by atoms with Crippen LogP contribution in [0.25, 0.3) is 6.08 Å². The maximum atomic E-state index is 11.6. The quantitative estimate of drug-likeness (QED) is 0.508. The molecule has 8 heteroatoms. The van der Waals surface area contributed by atoms with Gasteiger partial charge < -0.3 is 19.9 Å². The Hall–Kier alpha value is -3.03. The summed E-state index contributed by atoms with van der Waals surface area (Å²) in [6, 6.07) is 3.83. The fourth-order valence-electron chi connectivity index (χ4n) is 1.67. The van der Waals surface area contributed by atoms with Crippen molar-refractivity contribution < 1.29 is 29.0 Å². The smallest absolute Gasteiger partial charge is 0.331 e. The lowest BCUT2D eigenvalue weighted by Crippen LogP contribution is -2.44. The van der Waals surface area contributed by atoms with E-state index in [4.69, 9.17) is 9.47 Å². The van der Waals surface area contributed by atoms with E-state index in [1.165, 1.54) is 25.3 Å². The summed E-state index contributed by atoms with van der Waals surface area (Å²) in [4.78, 5) is 34.5. The minimum absolute atomic E-state index is 0.0189. The summed E-state index contributed by atoms with van der Waals surface area (Å²) in [5.41, 5.74) is 0.601. The van der Waals surface area contributed by atoms with Crippen molar-refractivity contribution in [1.29, 1.82) is 0 Å². The second-order valence-corrected chi connectivity index (χ2v) is 5.20. The standard InChI is InChI=1S/C17H22N2O6/c1-4-11(2)18-17(23)19-15(21)10-25-16(22)8-6-12-5-7-13(20)14(9-12)24-3/h5-9,11,20H,4,10H2,1-3H3,(H2,18,19,21,23)/b8-6+/t11-/m0/s1. The van der Waals surface area contributed by atoms with Crippen LogP contribution in [0.3, 0.4) is 0 Å². The van der Waals surface area contributed by atoms with Gasteiger partial charge in [0.15, 0.2) is 18.1 Å². The molecule has 1 atom stereocenters. The van der Waals surface area contributed by atoms with E-state index in [1.807, 2.05) is 6.92 Å². The molecule has 25 heavy (non-hydrogen) atoms. The third-order valence-corrected chi connectivity index (χ3v) is 3.20. The number of urea groups is 1. The topological polar surface area (TPSA) is 114 Å². The number of phenols is 1. The average Bonchev–Trinajstić information content (AvgIpc) is 2.58. The number of carbonyl (C=O) groups excluding carboxylic acids is 3. The van der Waals surface area contributed by atoms with Crippen LogP contribution in [0.5, 0.6) is 11.5 Å². The molecule has 0 aliphatic carbocycles. The molecule has 0 aliphatic heterocycles. The first-order chi connectivity index (χ1) is 11.8. The van der Waals surface area contributed by atoms with Crippen molar-refractivity contribution in [3.05, 3.63) is 29.8 Å². The number of esters is 1.